The van der Waals surface area contributed by atoms with Crippen molar-refractivity contribution in [2.75, 3.05) is 119 Å². The van der Waals surface area contributed by atoms with Gasteiger partial charge in [0.2, 0.25) is 0 Å². The van der Waals surface area contributed by atoms with E-state index in [1.165, 1.54) is 9.80 Å². The summed E-state index contributed by atoms with van der Waals surface area (Å²) in [7, 11) is 0. The van der Waals surface area contributed by atoms with Crippen LogP contribution in [-0.2, 0) is 23.7 Å². The Balaban J connectivity index is 2.30. The van der Waals surface area contributed by atoms with Crippen LogP contribution in [0.4, 0.5) is 0 Å². The number of aliphatic hydroxyl groups is 2. The second-order valence-electron chi connectivity index (χ2n) is 6.51. The summed E-state index contributed by atoms with van der Waals surface area (Å²) in [5.41, 5.74) is 0. The molecule has 0 saturated carbocycles. The van der Waals surface area contributed by atoms with Crippen LogP contribution in [0.15, 0.2) is 0 Å². The first-order chi connectivity index (χ1) is 13.4. The summed E-state index contributed by atoms with van der Waals surface area (Å²) < 4.78 is 27.9. The van der Waals surface area contributed by atoms with E-state index in [1.54, 1.807) is 0 Å². The van der Waals surface area contributed by atoms with Gasteiger partial charge in [-0.05, 0) is 0 Å². The van der Waals surface area contributed by atoms with Gasteiger partial charge >= 0.3 is 0 Å². The van der Waals surface area contributed by atoms with Crippen molar-refractivity contribution in [3.8, 4) is 0 Å². The van der Waals surface area contributed by atoms with E-state index in [9.17, 15) is 10.2 Å². The molecule has 0 aromatic heterocycles. The zero-order valence-electron chi connectivity index (χ0n) is 16.7. The summed E-state index contributed by atoms with van der Waals surface area (Å²) in [6, 6.07) is 0. The predicted molar refractivity (Wildman–Crippen MR) is 99.4 cm³/mol. The monoisotopic (exact) mass is 396 g/mol. The van der Waals surface area contributed by atoms with Crippen molar-refractivity contribution in [3.63, 3.8) is 0 Å². The minimum Gasteiger partial charge on any atom is -0.391 e. The van der Waals surface area contributed by atoms with Gasteiger partial charge < -0.3 is 43.7 Å². The van der Waals surface area contributed by atoms with Gasteiger partial charge in [-0.1, -0.05) is 0 Å². The molecular formula is C18H40N2O7+2. The molecule has 0 aromatic rings. The minimum absolute atomic E-state index is 0.161. The Hall–Kier alpha value is -0.360. The fourth-order valence-electron chi connectivity index (χ4n) is 2.80. The van der Waals surface area contributed by atoms with Crippen molar-refractivity contribution in [3.05, 3.63) is 0 Å². The van der Waals surface area contributed by atoms with Crippen LogP contribution >= 0.6 is 0 Å². The Kier molecular flexibility index (Phi) is 17.3. The Labute approximate surface area is 163 Å². The molecule has 1 saturated heterocycles. The molecule has 1 aliphatic heterocycles. The lowest BCUT2D eigenvalue weighted by atomic mass is 10.4. The molecule has 9 heteroatoms. The molecule has 2 atom stereocenters. The Morgan fingerprint density at radius 1 is 0.444 bits per heavy atom. The molecule has 1 fully saturated rings. The highest BCUT2D eigenvalue weighted by atomic mass is 16.5. The molecule has 0 aliphatic carbocycles. The summed E-state index contributed by atoms with van der Waals surface area (Å²) in [5, 5.41) is 18.4. The quantitative estimate of drug-likeness (QED) is 0.383. The number of ether oxygens (including phenoxy) is 5. The number of rotatable bonds is 4. The molecule has 0 aromatic carbocycles. The van der Waals surface area contributed by atoms with E-state index in [2.05, 4.69) is 0 Å². The van der Waals surface area contributed by atoms with E-state index in [4.69, 9.17) is 23.7 Å². The SMILES string of the molecule is OCC[NH+]1CCOCCOCCOCC[NH+](CCO)CCOCCOCC1. The second-order valence-corrected chi connectivity index (χ2v) is 6.51. The third-order valence-electron chi connectivity index (χ3n) is 4.45. The number of nitrogens with one attached hydrogen (secondary N) is 2. The molecular weight excluding hydrogens is 356 g/mol. The second kappa shape index (κ2) is 19.0. The van der Waals surface area contributed by atoms with Crippen LogP contribution in [0, 0.1) is 0 Å². The molecule has 0 radical (unpaired) electrons. The Bertz CT molecular complexity index is 285. The molecule has 1 rings (SSSR count). The highest BCUT2D eigenvalue weighted by Crippen LogP contribution is 1.81. The largest absolute Gasteiger partial charge is 0.391 e. The maximum Gasteiger partial charge on any atom is 0.101 e. The highest BCUT2D eigenvalue weighted by molar-refractivity contribution is 4.39. The minimum atomic E-state index is 0.161. The average molecular weight is 397 g/mol. The van der Waals surface area contributed by atoms with Gasteiger partial charge in [0.25, 0.3) is 0 Å². The fourth-order valence-corrected chi connectivity index (χ4v) is 2.80. The van der Waals surface area contributed by atoms with E-state index in [-0.39, 0.29) is 13.2 Å². The zero-order chi connectivity index (χ0) is 19.4. The highest BCUT2D eigenvalue weighted by Gasteiger charge is 2.09. The summed E-state index contributed by atoms with van der Waals surface area (Å²) >= 11 is 0. The zero-order valence-corrected chi connectivity index (χ0v) is 16.7. The van der Waals surface area contributed by atoms with Crippen molar-refractivity contribution in [2.45, 2.75) is 0 Å². The first-order valence-corrected chi connectivity index (χ1v) is 10.1. The summed E-state index contributed by atoms with van der Waals surface area (Å²) in [6.45, 7) is 11.0. The third kappa shape index (κ3) is 15.3. The summed E-state index contributed by atoms with van der Waals surface area (Å²) in [4.78, 5) is 2.53. The van der Waals surface area contributed by atoms with Gasteiger partial charge in [0.05, 0.1) is 79.3 Å². The van der Waals surface area contributed by atoms with Crippen molar-refractivity contribution in [2.24, 2.45) is 0 Å². The molecule has 27 heavy (non-hydrogen) atoms. The van der Waals surface area contributed by atoms with Gasteiger partial charge in [-0.3, -0.25) is 0 Å². The van der Waals surface area contributed by atoms with Crippen LogP contribution in [0.25, 0.3) is 0 Å². The van der Waals surface area contributed by atoms with Gasteiger partial charge in [0, 0.05) is 0 Å². The van der Waals surface area contributed by atoms with Crippen molar-refractivity contribution in [1.82, 2.24) is 0 Å². The van der Waals surface area contributed by atoms with Crippen LogP contribution in [0.3, 0.4) is 0 Å². The predicted octanol–water partition coefficient (Wildman–Crippen LogP) is -4.16. The van der Waals surface area contributed by atoms with Gasteiger partial charge in [0.15, 0.2) is 0 Å². The van der Waals surface area contributed by atoms with Gasteiger partial charge in [-0.2, -0.15) is 0 Å². The Morgan fingerprint density at radius 2 is 0.704 bits per heavy atom. The average Bonchev–Trinajstić information content (AvgIpc) is 2.67. The maximum absolute atomic E-state index is 9.18. The van der Waals surface area contributed by atoms with Crippen LogP contribution < -0.4 is 9.80 Å². The smallest absolute Gasteiger partial charge is 0.101 e. The molecule has 1 heterocycles. The van der Waals surface area contributed by atoms with E-state index in [0.29, 0.717) is 79.2 Å². The number of aliphatic hydroxyl groups excluding tert-OH is 2. The molecule has 2 unspecified atom stereocenters. The first kappa shape index (κ1) is 24.7. The van der Waals surface area contributed by atoms with E-state index in [1.807, 2.05) is 0 Å². The first-order valence-electron chi connectivity index (χ1n) is 10.1. The number of quaternary nitrogens is 2. The lowest BCUT2D eigenvalue weighted by molar-refractivity contribution is -0.901. The number of hydrogen-bond acceptors (Lipinski definition) is 7. The maximum atomic E-state index is 9.18. The van der Waals surface area contributed by atoms with Gasteiger partial charge in [-0.25, -0.2) is 0 Å². The molecule has 1 aliphatic rings. The van der Waals surface area contributed by atoms with E-state index in [0.717, 1.165) is 26.2 Å². The van der Waals surface area contributed by atoms with Crippen molar-refractivity contribution < 1.29 is 43.7 Å². The molecule has 0 spiro atoms. The normalized spacial score (nSPS) is 26.9. The van der Waals surface area contributed by atoms with Crippen LogP contribution in [-0.4, -0.2) is 129 Å². The van der Waals surface area contributed by atoms with Crippen LogP contribution in [0.5, 0.6) is 0 Å². The molecule has 9 nitrogen and oxygen atoms in total. The van der Waals surface area contributed by atoms with E-state index < -0.39 is 0 Å². The number of hydrogen-bond donors (Lipinski definition) is 4. The fraction of sp³-hybridized carbons (Fsp3) is 1.00. The topological polar surface area (TPSA) is 95.5 Å². The molecule has 0 amide bonds. The summed E-state index contributed by atoms with van der Waals surface area (Å²) in [5.74, 6) is 0. The van der Waals surface area contributed by atoms with Crippen molar-refractivity contribution >= 4 is 0 Å². The Morgan fingerprint density at radius 3 is 0.963 bits per heavy atom. The van der Waals surface area contributed by atoms with Gasteiger partial charge in [-0.15, -0.1) is 0 Å². The van der Waals surface area contributed by atoms with Gasteiger partial charge in [0.1, 0.15) is 39.3 Å². The van der Waals surface area contributed by atoms with E-state index >= 15 is 0 Å². The summed E-state index contributed by atoms with van der Waals surface area (Å²) in [6.07, 6.45) is 0. The lowest BCUT2D eigenvalue weighted by Gasteiger charge is -2.19. The van der Waals surface area contributed by atoms with Crippen LogP contribution in [0.1, 0.15) is 0 Å². The molecule has 0 bridgehead atoms. The third-order valence-corrected chi connectivity index (χ3v) is 4.45. The molecule has 4 N–H and O–H groups in total. The van der Waals surface area contributed by atoms with Crippen LogP contribution in [0.2, 0.25) is 0 Å². The standard InChI is InChI=1S/C18H38N2O7/c21-7-1-19-3-9-23-13-14-24-10-4-20(2-8-22)6-12-26-16-18-27-17-15-25-11-5-19/h21-22H,1-18H2/p+2. The molecule has 162 valence electrons. The lowest BCUT2D eigenvalue weighted by Crippen LogP contribution is -3.13. The van der Waals surface area contributed by atoms with Crippen molar-refractivity contribution in [1.29, 1.82) is 0 Å².